The molecule has 2 aromatic rings. The van der Waals surface area contributed by atoms with Crippen LogP contribution in [0.1, 0.15) is 15.9 Å². The van der Waals surface area contributed by atoms with Crippen LogP contribution in [0.3, 0.4) is 0 Å². The van der Waals surface area contributed by atoms with Crippen LogP contribution in [0.4, 0.5) is 4.39 Å². The predicted octanol–water partition coefficient (Wildman–Crippen LogP) is 3.14. The van der Waals surface area contributed by atoms with Crippen LogP contribution < -0.4 is 0 Å². The lowest BCUT2D eigenvalue weighted by Crippen LogP contribution is -1.99. The van der Waals surface area contributed by atoms with Crippen LogP contribution in [-0.4, -0.2) is 10.9 Å². The second-order valence-corrected chi connectivity index (χ2v) is 3.91. The van der Waals surface area contributed by atoms with Gasteiger partial charge < -0.3 is 4.57 Å². The first kappa shape index (κ1) is 10.9. The molecule has 0 aliphatic rings. The van der Waals surface area contributed by atoms with E-state index in [1.54, 1.807) is 35.2 Å². The Kier molecular flexibility index (Phi) is 3.06. The zero-order valence-corrected chi connectivity index (χ0v) is 9.12. The predicted molar refractivity (Wildman–Crippen MR) is 60.3 cm³/mol. The van der Waals surface area contributed by atoms with Gasteiger partial charge in [0.15, 0.2) is 6.29 Å². The smallest absolute Gasteiger partial charge is 0.151 e. The summed E-state index contributed by atoms with van der Waals surface area (Å²) in [6.45, 7) is 0.386. The molecular formula is C12H9ClFNO. The molecule has 2 nitrogen and oxygen atoms in total. The standard InChI is InChI=1S/C12H9ClFNO/c13-11-2-1-10(12(14)5-11)7-15-4-3-9(6-15)8-16/h1-6,8H,7H2. The minimum absolute atomic E-state index is 0.339. The molecule has 4 heteroatoms. The molecule has 0 spiro atoms. The van der Waals surface area contributed by atoms with Crippen LogP contribution in [0, 0.1) is 5.82 Å². The molecular weight excluding hydrogens is 229 g/mol. The van der Waals surface area contributed by atoms with E-state index in [-0.39, 0.29) is 5.82 Å². The summed E-state index contributed by atoms with van der Waals surface area (Å²) >= 11 is 5.65. The van der Waals surface area contributed by atoms with E-state index in [2.05, 4.69) is 0 Å². The van der Waals surface area contributed by atoms with Crippen LogP contribution in [0.25, 0.3) is 0 Å². The normalized spacial score (nSPS) is 10.4. The van der Waals surface area contributed by atoms with Crippen molar-refractivity contribution in [2.24, 2.45) is 0 Å². The third-order valence-corrected chi connectivity index (χ3v) is 2.51. The molecule has 0 atom stereocenters. The molecule has 0 saturated carbocycles. The van der Waals surface area contributed by atoms with Gasteiger partial charge in [0.25, 0.3) is 0 Å². The van der Waals surface area contributed by atoms with Gasteiger partial charge >= 0.3 is 0 Å². The average molecular weight is 238 g/mol. The van der Waals surface area contributed by atoms with Gasteiger partial charge in [-0.25, -0.2) is 4.39 Å². The summed E-state index contributed by atoms with van der Waals surface area (Å²) in [6, 6.07) is 6.24. The Morgan fingerprint density at radius 2 is 2.19 bits per heavy atom. The van der Waals surface area contributed by atoms with Crippen molar-refractivity contribution in [3.05, 3.63) is 58.6 Å². The molecule has 0 bridgehead atoms. The number of rotatable bonds is 3. The van der Waals surface area contributed by atoms with Gasteiger partial charge in [-0.2, -0.15) is 0 Å². The monoisotopic (exact) mass is 237 g/mol. The summed E-state index contributed by atoms with van der Waals surface area (Å²) in [5.74, 6) is -0.339. The van der Waals surface area contributed by atoms with Crippen LogP contribution in [0.5, 0.6) is 0 Å². The first-order valence-corrected chi connectivity index (χ1v) is 5.12. The van der Waals surface area contributed by atoms with E-state index in [4.69, 9.17) is 11.6 Å². The van der Waals surface area contributed by atoms with Gasteiger partial charge in [0.2, 0.25) is 0 Å². The largest absolute Gasteiger partial charge is 0.349 e. The van der Waals surface area contributed by atoms with Crippen molar-refractivity contribution in [1.29, 1.82) is 0 Å². The Bertz CT molecular complexity index is 521. The fourth-order valence-corrected chi connectivity index (χ4v) is 1.63. The van der Waals surface area contributed by atoms with Crippen molar-refractivity contribution in [2.45, 2.75) is 6.54 Å². The van der Waals surface area contributed by atoms with Crippen molar-refractivity contribution in [2.75, 3.05) is 0 Å². The minimum atomic E-state index is -0.339. The van der Waals surface area contributed by atoms with E-state index < -0.39 is 0 Å². The van der Waals surface area contributed by atoms with Crippen molar-refractivity contribution in [1.82, 2.24) is 4.57 Å². The Labute approximate surface area is 97.3 Å². The summed E-state index contributed by atoms with van der Waals surface area (Å²) < 4.78 is 15.2. The molecule has 0 radical (unpaired) electrons. The number of halogens is 2. The number of benzene rings is 1. The molecule has 0 N–H and O–H groups in total. The van der Waals surface area contributed by atoms with E-state index in [9.17, 15) is 9.18 Å². The van der Waals surface area contributed by atoms with Crippen molar-refractivity contribution < 1.29 is 9.18 Å². The zero-order valence-electron chi connectivity index (χ0n) is 8.36. The molecule has 0 aliphatic heterocycles. The number of aldehydes is 1. The summed E-state index contributed by atoms with van der Waals surface area (Å²) in [6.07, 6.45) is 4.16. The van der Waals surface area contributed by atoms with E-state index in [1.165, 1.54) is 6.07 Å². The van der Waals surface area contributed by atoms with Crippen LogP contribution in [0.2, 0.25) is 5.02 Å². The Morgan fingerprint density at radius 3 is 2.81 bits per heavy atom. The lowest BCUT2D eigenvalue weighted by atomic mass is 10.2. The molecule has 0 unspecified atom stereocenters. The molecule has 0 fully saturated rings. The number of hydrogen-bond donors (Lipinski definition) is 0. The third kappa shape index (κ3) is 2.31. The number of carbonyl (C=O) groups excluding carboxylic acids is 1. The number of aromatic nitrogens is 1. The van der Waals surface area contributed by atoms with E-state index >= 15 is 0 Å². The van der Waals surface area contributed by atoms with Gasteiger partial charge in [-0.05, 0) is 18.2 Å². The first-order valence-electron chi connectivity index (χ1n) is 4.74. The van der Waals surface area contributed by atoms with Crippen LogP contribution in [0.15, 0.2) is 36.7 Å². The highest BCUT2D eigenvalue weighted by molar-refractivity contribution is 6.30. The van der Waals surface area contributed by atoms with Gasteiger partial charge in [-0.1, -0.05) is 17.7 Å². The fraction of sp³-hybridized carbons (Fsp3) is 0.0833. The maximum atomic E-state index is 13.5. The Balaban J connectivity index is 2.23. The molecule has 16 heavy (non-hydrogen) atoms. The molecule has 1 heterocycles. The van der Waals surface area contributed by atoms with Crippen molar-refractivity contribution in [3.8, 4) is 0 Å². The topological polar surface area (TPSA) is 22.0 Å². The highest BCUT2D eigenvalue weighted by Crippen LogP contribution is 2.15. The first-order chi connectivity index (χ1) is 7.69. The van der Waals surface area contributed by atoms with Gasteiger partial charge in [-0.15, -0.1) is 0 Å². The number of nitrogens with zero attached hydrogens (tertiary/aromatic N) is 1. The van der Waals surface area contributed by atoms with Crippen LogP contribution >= 0.6 is 11.6 Å². The van der Waals surface area contributed by atoms with E-state index in [0.29, 0.717) is 22.7 Å². The molecule has 2 rings (SSSR count). The summed E-state index contributed by atoms with van der Waals surface area (Å²) in [7, 11) is 0. The number of carbonyl (C=O) groups is 1. The Hall–Kier alpha value is -1.61. The zero-order chi connectivity index (χ0) is 11.5. The second-order valence-electron chi connectivity index (χ2n) is 3.47. The van der Waals surface area contributed by atoms with Gasteiger partial charge in [0.05, 0.1) is 0 Å². The lowest BCUT2D eigenvalue weighted by molar-refractivity contribution is 0.112. The highest BCUT2D eigenvalue weighted by atomic mass is 35.5. The second kappa shape index (κ2) is 4.49. The van der Waals surface area contributed by atoms with Crippen LogP contribution in [-0.2, 0) is 6.54 Å². The summed E-state index contributed by atoms with van der Waals surface area (Å²) in [4.78, 5) is 10.5. The molecule has 0 saturated heterocycles. The fourth-order valence-electron chi connectivity index (χ4n) is 1.47. The summed E-state index contributed by atoms with van der Waals surface area (Å²) in [5, 5.41) is 0.377. The SMILES string of the molecule is O=Cc1ccn(Cc2ccc(Cl)cc2F)c1. The molecule has 82 valence electrons. The number of hydrogen-bond acceptors (Lipinski definition) is 1. The van der Waals surface area contributed by atoms with Crippen molar-refractivity contribution >= 4 is 17.9 Å². The van der Waals surface area contributed by atoms with Gasteiger partial charge in [0.1, 0.15) is 5.82 Å². The highest BCUT2D eigenvalue weighted by Gasteiger charge is 2.04. The van der Waals surface area contributed by atoms with E-state index in [1.807, 2.05) is 0 Å². The molecule has 0 amide bonds. The third-order valence-electron chi connectivity index (χ3n) is 2.28. The molecule has 1 aromatic heterocycles. The Morgan fingerprint density at radius 1 is 1.38 bits per heavy atom. The van der Waals surface area contributed by atoms with Gasteiger partial charge in [0, 0.05) is 35.1 Å². The van der Waals surface area contributed by atoms with Gasteiger partial charge in [-0.3, -0.25) is 4.79 Å². The lowest BCUT2D eigenvalue weighted by Gasteiger charge is -2.04. The quantitative estimate of drug-likeness (QED) is 0.752. The average Bonchev–Trinajstić information content (AvgIpc) is 2.70. The molecule has 1 aromatic carbocycles. The van der Waals surface area contributed by atoms with E-state index in [0.717, 1.165) is 6.29 Å². The minimum Gasteiger partial charge on any atom is -0.349 e. The molecule has 0 aliphatic carbocycles. The maximum absolute atomic E-state index is 13.5. The summed E-state index contributed by atoms with van der Waals surface area (Å²) in [5.41, 5.74) is 1.12. The maximum Gasteiger partial charge on any atom is 0.151 e. The van der Waals surface area contributed by atoms with Crippen molar-refractivity contribution in [3.63, 3.8) is 0 Å².